The summed E-state index contributed by atoms with van der Waals surface area (Å²) in [4.78, 5) is 64.4. The smallest absolute Gasteiger partial charge is 0.408 e. The fourth-order valence-electron chi connectivity index (χ4n) is 5.32. The zero-order valence-electron chi connectivity index (χ0n) is 29.2. The second-order valence-electron chi connectivity index (χ2n) is 12.9. The van der Waals surface area contributed by atoms with Gasteiger partial charge in [-0.1, -0.05) is 64.4 Å². The Morgan fingerprint density at radius 1 is 0.840 bits per heavy atom. The van der Waals surface area contributed by atoms with Crippen LogP contribution >= 0.6 is 0 Å². The quantitative estimate of drug-likeness (QED) is 0.0924. The van der Waals surface area contributed by atoms with Crippen LogP contribution in [-0.4, -0.2) is 85.9 Å². The fourth-order valence-corrected chi connectivity index (χ4v) is 5.32. The number of H-pyrrole nitrogens is 1. The lowest BCUT2D eigenvalue weighted by atomic mass is 9.95. The lowest BCUT2D eigenvalue weighted by molar-refractivity contribution is -0.131. The number of rotatable bonds is 20. The van der Waals surface area contributed by atoms with Crippen molar-refractivity contribution < 1.29 is 34.1 Å². The maximum atomic E-state index is 13.9. The summed E-state index contributed by atoms with van der Waals surface area (Å²) >= 11 is 0. The Morgan fingerprint density at radius 3 is 2.14 bits per heavy atom. The van der Waals surface area contributed by atoms with Gasteiger partial charge in [0, 0.05) is 37.1 Å². The number of amides is 4. The average molecular weight is 694 g/mol. The predicted octanol–water partition coefficient (Wildman–Crippen LogP) is 2.17. The highest BCUT2D eigenvalue weighted by molar-refractivity contribution is 5.91. The van der Waals surface area contributed by atoms with Crippen molar-refractivity contribution in [3.05, 3.63) is 84.2 Å². The molecule has 0 fully saturated rings. The molecule has 0 radical (unpaired) electrons. The van der Waals surface area contributed by atoms with E-state index in [0.717, 1.165) is 12.0 Å². The number of aromatic amines is 1. The Labute approximate surface area is 293 Å². The molecule has 0 aliphatic rings. The van der Waals surface area contributed by atoms with E-state index in [0.29, 0.717) is 17.7 Å². The molecule has 0 saturated heterocycles. The number of aromatic nitrogens is 3. The third-order valence-electron chi connectivity index (χ3n) is 8.41. The van der Waals surface area contributed by atoms with Gasteiger partial charge in [0.1, 0.15) is 18.7 Å². The summed E-state index contributed by atoms with van der Waals surface area (Å²) in [5.41, 5.74) is 2.05. The van der Waals surface area contributed by atoms with Gasteiger partial charge in [0.15, 0.2) is 0 Å². The zero-order valence-corrected chi connectivity index (χ0v) is 29.2. The van der Waals surface area contributed by atoms with Gasteiger partial charge in [0.2, 0.25) is 17.7 Å². The number of benzene rings is 1. The Morgan fingerprint density at radius 2 is 1.52 bits per heavy atom. The van der Waals surface area contributed by atoms with Crippen LogP contribution < -0.4 is 21.3 Å². The van der Waals surface area contributed by atoms with Crippen molar-refractivity contribution in [2.45, 2.75) is 96.7 Å². The fraction of sp³-hybridized carbons (Fsp3) is 0.500. The highest BCUT2D eigenvalue weighted by atomic mass is 16.5. The number of hydrogen-bond acceptors (Lipinski definition) is 9. The van der Waals surface area contributed by atoms with Crippen molar-refractivity contribution in [3.63, 3.8) is 0 Å². The lowest BCUT2D eigenvalue weighted by Crippen LogP contribution is -2.57. The summed E-state index contributed by atoms with van der Waals surface area (Å²) in [5.74, 6) is -1.62. The van der Waals surface area contributed by atoms with Crippen LogP contribution in [0.4, 0.5) is 4.79 Å². The Hall–Kier alpha value is -4.82. The van der Waals surface area contributed by atoms with Gasteiger partial charge in [0.05, 0.1) is 37.5 Å². The van der Waals surface area contributed by atoms with Crippen molar-refractivity contribution in [2.75, 3.05) is 6.61 Å². The van der Waals surface area contributed by atoms with Gasteiger partial charge >= 0.3 is 6.09 Å². The molecule has 50 heavy (non-hydrogen) atoms. The van der Waals surface area contributed by atoms with Crippen LogP contribution in [0, 0.1) is 11.8 Å². The molecule has 2 heterocycles. The van der Waals surface area contributed by atoms with Crippen LogP contribution in [0.1, 0.15) is 63.8 Å². The van der Waals surface area contributed by atoms with Crippen LogP contribution in [0.25, 0.3) is 0 Å². The maximum Gasteiger partial charge on any atom is 0.408 e. The number of alkyl carbamates (subject to hydrolysis) is 1. The van der Waals surface area contributed by atoms with Crippen LogP contribution in [-0.2, 0) is 38.6 Å². The third-order valence-corrected chi connectivity index (χ3v) is 8.41. The summed E-state index contributed by atoms with van der Waals surface area (Å²) < 4.78 is 5.37. The Bertz CT molecular complexity index is 1460. The molecule has 4 amide bonds. The van der Waals surface area contributed by atoms with Crippen molar-refractivity contribution in [1.82, 2.24) is 36.2 Å². The van der Waals surface area contributed by atoms with E-state index in [1.54, 1.807) is 24.5 Å². The van der Waals surface area contributed by atoms with E-state index >= 15 is 0 Å². The number of carbonyl (C=O) groups excluding carboxylic acids is 4. The topological polar surface area (TPSA) is 208 Å². The standard InChI is InChI=1S/C36H51N7O7/c1-5-24(4)31(20-44)40-33(46)18-32(45)28(15-23(2)3)41-35(48)30(17-27-19-38-22-39-27)42-34(47)29(16-25-11-13-37-14-12-25)43-36(49)50-21-26-9-7-6-8-10-26/h6-14,19,22-24,28-32,44-45H,5,15-18,20-21H2,1-4H3,(H,38,39)(H,40,46)(H,41,48)(H,42,47)(H,43,49)/t24-,28-,29-,30-,31+,32-/m0/s1. The van der Waals surface area contributed by atoms with Crippen LogP contribution in [0.15, 0.2) is 67.4 Å². The van der Waals surface area contributed by atoms with E-state index in [1.807, 2.05) is 58.0 Å². The number of hydrogen-bond donors (Lipinski definition) is 7. The van der Waals surface area contributed by atoms with Gasteiger partial charge in [0.25, 0.3) is 0 Å². The first-order valence-electron chi connectivity index (χ1n) is 17.0. The number of aliphatic hydroxyl groups is 2. The molecule has 0 unspecified atom stereocenters. The normalized spacial score (nSPS) is 14.8. The van der Waals surface area contributed by atoms with E-state index in [4.69, 9.17) is 4.74 Å². The van der Waals surface area contributed by atoms with Crippen molar-refractivity contribution >= 4 is 23.8 Å². The molecule has 6 atom stereocenters. The number of imidazole rings is 1. The van der Waals surface area contributed by atoms with Crippen LogP contribution in [0.3, 0.4) is 0 Å². The molecule has 2 aromatic heterocycles. The number of aliphatic hydroxyl groups excluding tert-OH is 2. The van der Waals surface area contributed by atoms with Gasteiger partial charge in [-0.25, -0.2) is 9.78 Å². The minimum Gasteiger partial charge on any atom is -0.445 e. The van der Waals surface area contributed by atoms with Crippen molar-refractivity contribution in [3.8, 4) is 0 Å². The average Bonchev–Trinajstić information content (AvgIpc) is 3.62. The predicted molar refractivity (Wildman–Crippen MR) is 186 cm³/mol. The highest BCUT2D eigenvalue weighted by Gasteiger charge is 2.32. The van der Waals surface area contributed by atoms with E-state index in [2.05, 4.69) is 36.2 Å². The van der Waals surface area contributed by atoms with Crippen LogP contribution in [0.2, 0.25) is 0 Å². The highest BCUT2D eigenvalue weighted by Crippen LogP contribution is 2.14. The first-order valence-corrected chi connectivity index (χ1v) is 17.0. The Kier molecular flexibility index (Phi) is 16.4. The van der Waals surface area contributed by atoms with E-state index in [1.165, 1.54) is 12.5 Å². The molecule has 0 bridgehead atoms. The molecule has 272 valence electrons. The SMILES string of the molecule is CC[C@H](C)[C@@H](CO)NC(=O)C[C@H](O)[C@H](CC(C)C)NC(=O)[C@H](Cc1cnc[nH]1)NC(=O)[C@H](Cc1ccncc1)NC(=O)OCc1ccccc1. The molecule has 3 aromatic rings. The van der Waals surface area contributed by atoms with E-state index < -0.39 is 54.1 Å². The summed E-state index contributed by atoms with van der Waals surface area (Å²) in [7, 11) is 0. The van der Waals surface area contributed by atoms with E-state index in [-0.39, 0.29) is 44.3 Å². The molecule has 3 rings (SSSR count). The molecular weight excluding hydrogens is 642 g/mol. The molecular formula is C36H51N7O7. The summed E-state index contributed by atoms with van der Waals surface area (Å²) in [5, 5.41) is 31.9. The molecule has 0 aliphatic carbocycles. The number of carbonyl (C=O) groups is 4. The maximum absolute atomic E-state index is 13.9. The van der Waals surface area contributed by atoms with Crippen molar-refractivity contribution in [1.29, 1.82) is 0 Å². The molecule has 0 saturated carbocycles. The van der Waals surface area contributed by atoms with Crippen LogP contribution in [0.5, 0.6) is 0 Å². The monoisotopic (exact) mass is 693 g/mol. The minimum absolute atomic E-state index is 0.00298. The zero-order chi connectivity index (χ0) is 36.5. The minimum atomic E-state index is -1.25. The third kappa shape index (κ3) is 13.6. The lowest BCUT2D eigenvalue weighted by Gasteiger charge is -2.29. The number of pyridine rings is 1. The summed E-state index contributed by atoms with van der Waals surface area (Å²) in [6.45, 7) is 7.48. The molecule has 0 aliphatic heterocycles. The number of nitrogens with one attached hydrogen (secondary N) is 5. The first-order chi connectivity index (χ1) is 24.0. The molecule has 14 nitrogen and oxygen atoms in total. The number of ether oxygens (including phenoxy) is 1. The second kappa shape index (κ2) is 20.6. The summed E-state index contributed by atoms with van der Waals surface area (Å²) in [6, 6.07) is 8.97. The first kappa shape index (κ1) is 39.6. The van der Waals surface area contributed by atoms with Gasteiger partial charge in [-0.05, 0) is 41.5 Å². The van der Waals surface area contributed by atoms with E-state index in [9.17, 15) is 29.4 Å². The largest absolute Gasteiger partial charge is 0.445 e. The van der Waals surface area contributed by atoms with Gasteiger partial charge in [-0.2, -0.15) is 0 Å². The number of nitrogens with zero attached hydrogens (tertiary/aromatic N) is 2. The second-order valence-corrected chi connectivity index (χ2v) is 12.9. The molecule has 1 aromatic carbocycles. The molecule has 14 heteroatoms. The molecule has 7 N–H and O–H groups in total. The summed E-state index contributed by atoms with van der Waals surface area (Å²) in [6.07, 6.45) is 4.96. The van der Waals surface area contributed by atoms with Gasteiger partial charge in [-0.15, -0.1) is 0 Å². The van der Waals surface area contributed by atoms with Gasteiger partial charge < -0.3 is 41.2 Å². The van der Waals surface area contributed by atoms with Gasteiger partial charge in [-0.3, -0.25) is 19.4 Å². The van der Waals surface area contributed by atoms with Crippen molar-refractivity contribution in [2.24, 2.45) is 11.8 Å². The molecule has 0 spiro atoms. The Balaban J connectivity index is 1.77.